The van der Waals surface area contributed by atoms with Crippen molar-refractivity contribution in [1.82, 2.24) is 0 Å². The molecular formula is CdGa2STe3. The molecule has 0 nitrogen and oxygen atoms in total. The molecular weight excluding hydrogens is 667 g/mol. The summed E-state index contributed by atoms with van der Waals surface area (Å²) in [6, 6.07) is 0. The molecule has 0 bridgehead atoms. The summed E-state index contributed by atoms with van der Waals surface area (Å²) in [5, 5.41) is 0. The van der Waals surface area contributed by atoms with Gasteiger partial charge in [0.05, 0.1) is 0 Å². The summed E-state index contributed by atoms with van der Waals surface area (Å²) in [4.78, 5) is 0. The Morgan fingerprint density at radius 2 is 0.714 bits per heavy atom. The molecule has 32 valence electrons. The summed E-state index contributed by atoms with van der Waals surface area (Å²) in [7, 11) is 4.25. The van der Waals surface area contributed by atoms with E-state index in [4.69, 9.17) is 0 Å². The van der Waals surface area contributed by atoms with Gasteiger partial charge in [-0.2, -0.15) is 0 Å². The van der Waals surface area contributed by atoms with Crippen LogP contribution in [0.5, 0.6) is 0 Å². The van der Waals surface area contributed by atoms with Crippen LogP contribution in [0.3, 0.4) is 0 Å². The molecule has 0 spiro atoms. The van der Waals surface area contributed by atoms with Crippen LogP contribution in [0.25, 0.3) is 0 Å². The largest absolute Gasteiger partial charge is 2.00 e. The van der Waals surface area contributed by atoms with Crippen LogP contribution in [-0.4, -0.2) is 111 Å². The van der Waals surface area contributed by atoms with Gasteiger partial charge >= 0.3 is 71.9 Å². The Kier molecular flexibility index (Phi) is 264. The van der Waals surface area contributed by atoms with Crippen molar-refractivity contribution in [2.75, 3.05) is 0 Å². The Bertz CT molecular complexity index is 12.9. The number of hydrogen-bond donors (Lipinski definition) is 0. The fourth-order valence-electron chi connectivity index (χ4n) is 0. The van der Waals surface area contributed by atoms with Gasteiger partial charge < -0.3 is 71.0 Å². The molecule has 0 amide bonds. The first-order chi connectivity index (χ1) is 1.00. The summed E-state index contributed by atoms with van der Waals surface area (Å²) in [5.74, 6) is 0. The maximum Gasteiger partial charge on any atom is -2.00 e. The Morgan fingerprint density at radius 1 is 0.714 bits per heavy atom. The van der Waals surface area contributed by atoms with E-state index in [1.54, 1.807) is 0 Å². The van der Waals surface area contributed by atoms with Gasteiger partial charge in [0.25, 0.3) is 0 Å². The molecule has 0 aliphatic rings. The number of rotatable bonds is 0. The molecule has 0 atom stereocenters. The van der Waals surface area contributed by atoms with Gasteiger partial charge in [-0.1, -0.05) is 0 Å². The van der Waals surface area contributed by atoms with Crippen molar-refractivity contribution < 1.29 is 23.7 Å². The van der Waals surface area contributed by atoms with E-state index in [-0.39, 0.29) is 111 Å². The topological polar surface area (TPSA) is 0 Å². The molecule has 0 unspecified atom stereocenters. The van der Waals surface area contributed by atoms with E-state index in [0.717, 1.165) is 23.7 Å². The van der Waals surface area contributed by atoms with Crippen LogP contribution >= 0.6 is 8.65 Å². The third-order valence-corrected chi connectivity index (χ3v) is 0. The quantitative estimate of drug-likeness (QED) is 0.292. The van der Waals surface area contributed by atoms with E-state index in [2.05, 4.69) is 8.65 Å². The van der Waals surface area contributed by atoms with Crippen LogP contribution in [0, 0.1) is 0 Å². The normalized spacial score (nSPS) is 0.857. The van der Waals surface area contributed by atoms with E-state index in [1.165, 1.54) is 0 Å². The van der Waals surface area contributed by atoms with E-state index in [1.807, 2.05) is 0 Å². The van der Waals surface area contributed by atoms with Crippen molar-refractivity contribution in [3.05, 3.63) is 0 Å². The van der Waals surface area contributed by atoms with Crippen LogP contribution < -0.4 is 0 Å². The first-order valence-electron chi connectivity index (χ1n) is 0.289. The summed E-state index contributed by atoms with van der Waals surface area (Å²) in [6.45, 7) is 0. The first kappa shape index (κ1) is 41.0. The van der Waals surface area contributed by atoms with Gasteiger partial charge in [-0.05, 0) is 0 Å². The Hall–Kier alpha value is 4.78. The van der Waals surface area contributed by atoms with Crippen LogP contribution in [0.15, 0.2) is 0 Å². The predicted octanol–water partition coefficient (Wildman–Crippen LogP) is -1.26. The SMILES string of the molecule is [Ga+3].[Ga+3].[S]=[Cd].[Te-2].[Te-2].[Te-2]. The molecule has 7 heavy (non-hydrogen) atoms. The Labute approximate surface area is 139 Å². The molecule has 0 aliphatic heterocycles. The monoisotopic (exact) mass is 673 g/mol. The van der Waals surface area contributed by atoms with Crippen molar-refractivity contribution in [2.24, 2.45) is 0 Å². The molecule has 0 saturated heterocycles. The maximum absolute atomic E-state index is 4.25. The van der Waals surface area contributed by atoms with Crippen molar-refractivity contribution in [1.29, 1.82) is 0 Å². The fourth-order valence-corrected chi connectivity index (χ4v) is 0. The second kappa shape index (κ2) is 45.1. The second-order valence-electron chi connectivity index (χ2n) is 0. The van der Waals surface area contributed by atoms with Crippen molar-refractivity contribution in [3.63, 3.8) is 0 Å². The van der Waals surface area contributed by atoms with Gasteiger partial charge in [0, 0.05) is 0 Å². The van der Waals surface area contributed by atoms with Gasteiger partial charge in [0.15, 0.2) is 0 Å². The van der Waals surface area contributed by atoms with Crippen LogP contribution in [0.4, 0.5) is 0 Å². The predicted molar refractivity (Wildman–Crippen MR) is 36.4 cm³/mol. The van der Waals surface area contributed by atoms with Crippen LogP contribution in [-0.2, 0) is 23.7 Å². The fraction of sp³-hybridized carbons (Fsp3) is 0. The molecule has 0 fully saturated rings. The van der Waals surface area contributed by atoms with E-state index in [9.17, 15) is 0 Å². The molecule has 0 saturated carbocycles. The second-order valence-corrected chi connectivity index (χ2v) is 0. The molecule has 0 N–H and O–H groups in total. The average molecular weight is 667 g/mol. The molecule has 0 aromatic carbocycles. The molecule has 0 rings (SSSR count). The van der Waals surface area contributed by atoms with Gasteiger partial charge in [-0.15, -0.1) is 0 Å². The summed E-state index contributed by atoms with van der Waals surface area (Å²) in [5.41, 5.74) is 0. The van der Waals surface area contributed by atoms with Gasteiger partial charge in [-0.3, -0.25) is 0 Å². The minimum Gasteiger partial charge on any atom is -2.00 e. The summed E-state index contributed by atoms with van der Waals surface area (Å²) < 4.78 is 0. The maximum atomic E-state index is 4.25. The molecule has 0 aromatic heterocycles. The number of hydrogen-bond acceptors (Lipinski definition) is 1. The molecule has 0 heterocycles. The molecule has 0 aromatic rings. The Morgan fingerprint density at radius 3 is 0.714 bits per heavy atom. The zero-order chi connectivity index (χ0) is 2.00. The van der Waals surface area contributed by atoms with Gasteiger partial charge in [-0.25, -0.2) is 0 Å². The minimum atomic E-state index is 0. The molecule has 7 heteroatoms. The average Bonchev–Trinajstić information content (AvgIpc) is 1.00. The minimum absolute atomic E-state index is 0. The van der Waals surface area contributed by atoms with Crippen molar-refractivity contribution >= 4 is 119 Å². The van der Waals surface area contributed by atoms with Crippen LogP contribution in [0.1, 0.15) is 0 Å². The molecule has 0 aliphatic carbocycles. The zero-order valence-corrected chi connectivity index (χ0v) is 20.2. The van der Waals surface area contributed by atoms with Crippen molar-refractivity contribution in [3.8, 4) is 0 Å². The van der Waals surface area contributed by atoms with Crippen LogP contribution in [0.2, 0.25) is 0 Å². The van der Waals surface area contributed by atoms with Gasteiger partial charge in [0.1, 0.15) is 0 Å². The summed E-state index contributed by atoms with van der Waals surface area (Å²) >= 11 is 0.733. The van der Waals surface area contributed by atoms with E-state index < -0.39 is 0 Å². The third kappa shape index (κ3) is 36.4. The first-order valence-corrected chi connectivity index (χ1v) is 5.81. The van der Waals surface area contributed by atoms with E-state index >= 15 is 0 Å². The van der Waals surface area contributed by atoms with E-state index in [0.29, 0.717) is 0 Å². The molecule has 0 radical (unpaired) electrons. The van der Waals surface area contributed by atoms with Crippen molar-refractivity contribution in [2.45, 2.75) is 0 Å². The smallest absolute Gasteiger partial charge is 2.00 e. The third-order valence-electron chi connectivity index (χ3n) is 0. The standard InChI is InChI=1S/Cd.2Ga.S.3Te/q;2*+3;;3*-2. The zero-order valence-electron chi connectivity index (χ0n) is 3.49. The summed E-state index contributed by atoms with van der Waals surface area (Å²) in [6.07, 6.45) is 0. The van der Waals surface area contributed by atoms with Gasteiger partial charge in [0.2, 0.25) is 0 Å². The Balaban J connectivity index is -0.000000000500.